The van der Waals surface area contributed by atoms with Crippen molar-refractivity contribution in [2.24, 2.45) is 11.8 Å². The number of hydrogen-bond acceptors (Lipinski definition) is 4. The van der Waals surface area contributed by atoms with E-state index in [0.29, 0.717) is 25.1 Å². The Morgan fingerprint density at radius 2 is 2.13 bits per heavy atom. The Morgan fingerprint density at radius 1 is 1.43 bits per heavy atom. The molecule has 1 amide bonds. The Kier molecular flexibility index (Phi) is 5.21. The number of rotatable bonds is 3. The molecule has 1 aliphatic rings. The van der Waals surface area contributed by atoms with Crippen LogP contribution in [-0.4, -0.2) is 29.7 Å². The Labute approximate surface area is 134 Å². The van der Waals surface area contributed by atoms with Crippen molar-refractivity contribution in [3.63, 3.8) is 0 Å². The third-order valence-electron chi connectivity index (χ3n) is 3.82. The van der Waals surface area contributed by atoms with Crippen molar-refractivity contribution >= 4 is 6.09 Å². The minimum absolute atomic E-state index is 0.0764. The van der Waals surface area contributed by atoms with Crippen molar-refractivity contribution in [1.29, 1.82) is 0 Å². The molecule has 5 nitrogen and oxygen atoms in total. The Morgan fingerprint density at radius 3 is 2.70 bits per heavy atom. The average molecular weight is 327 g/mol. The summed E-state index contributed by atoms with van der Waals surface area (Å²) in [5.74, 6) is 4.21. The van der Waals surface area contributed by atoms with Crippen LogP contribution >= 0.6 is 0 Å². The highest BCUT2D eigenvalue weighted by molar-refractivity contribution is 5.68. The van der Waals surface area contributed by atoms with Gasteiger partial charge in [0.1, 0.15) is 17.2 Å². The third-order valence-corrected chi connectivity index (χ3v) is 3.82. The van der Waals surface area contributed by atoms with Gasteiger partial charge in [-0.15, -0.1) is 0 Å². The molecule has 2 unspecified atom stereocenters. The first-order valence-electron chi connectivity index (χ1n) is 7.60. The monoisotopic (exact) mass is 327 g/mol. The highest BCUT2D eigenvalue weighted by atomic mass is 19.1. The zero-order valence-corrected chi connectivity index (χ0v) is 13.6. The molecule has 7 heteroatoms. The summed E-state index contributed by atoms with van der Waals surface area (Å²) in [5, 5.41) is 0. The van der Waals surface area contributed by atoms with E-state index in [4.69, 9.17) is 10.6 Å². The number of carbonyl (C=O) groups is 1. The van der Waals surface area contributed by atoms with Crippen LogP contribution in [0.25, 0.3) is 0 Å². The van der Waals surface area contributed by atoms with Crippen molar-refractivity contribution in [3.8, 4) is 0 Å². The van der Waals surface area contributed by atoms with E-state index < -0.39 is 29.4 Å². The van der Waals surface area contributed by atoms with Gasteiger partial charge in [0, 0.05) is 24.7 Å². The van der Waals surface area contributed by atoms with E-state index in [2.05, 4.69) is 5.43 Å². The number of carbonyl (C=O) groups excluding carboxylic acids is 1. The molecule has 1 heterocycles. The molecule has 0 saturated carbocycles. The van der Waals surface area contributed by atoms with Crippen LogP contribution in [0.1, 0.15) is 38.8 Å². The smallest absolute Gasteiger partial charge is 0.410 e. The van der Waals surface area contributed by atoms with Gasteiger partial charge in [0.05, 0.1) is 6.04 Å². The van der Waals surface area contributed by atoms with E-state index in [1.165, 1.54) is 12.1 Å². The summed E-state index contributed by atoms with van der Waals surface area (Å²) in [6, 6.07) is 2.91. The molecule has 1 fully saturated rings. The first kappa shape index (κ1) is 17.6. The lowest BCUT2D eigenvalue weighted by Gasteiger charge is -2.26. The number of ether oxygens (including phenoxy) is 1. The quantitative estimate of drug-likeness (QED) is 0.662. The number of benzene rings is 1. The van der Waals surface area contributed by atoms with Crippen LogP contribution in [0.2, 0.25) is 0 Å². The number of likely N-dealkylation sites (tertiary alicyclic amines) is 1. The normalized spacial score (nSPS) is 19.7. The number of nitrogens with two attached hydrogens (primary N) is 1. The number of hydrogen-bond donors (Lipinski definition) is 2. The van der Waals surface area contributed by atoms with Gasteiger partial charge in [-0.05, 0) is 39.2 Å². The van der Waals surface area contributed by atoms with Gasteiger partial charge in [0.15, 0.2) is 0 Å². The van der Waals surface area contributed by atoms with E-state index in [1.807, 2.05) is 0 Å². The van der Waals surface area contributed by atoms with Crippen LogP contribution in [0.3, 0.4) is 0 Å². The average Bonchev–Trinajstić information content (AvgIpc) is 2.90. The summed E-state index contributed by atoms with van der Waals surface area (Å²) in [4.78, 5) is 13.7. The lowest BCUT2D eigenvalue weighted by Crippen LogP contribution is -2.38. The summed E-state index contributed by atoms with van der Waals surface area (Å²) >= 11 is 0. The maximum Gasteiger partial charge on any atom is 0.410 e. The van der Waals surface area contributed by atoms with Crippen molar-refractivity contribution in [2.75, 3.05) is 13.1 Å². The van der Waals surface area contributed by atoms with Crippen LogP contribution in [-0.2, 0) is 4.74 Å². The molecule has 0 radical (unpaired) electrons. The van der Waals surface area contributed by atoms with Gasteiger partial charge in [-0.25, -0.2) is 13.6 Å². The van der Waals surface area contributed by atoms with Crippen LogP contribution in [0.15, 0.2) is 18.2 Å². The molecule has 1 aliphatic heterocycles. The fourth-order valence-corrected chi connectivity index (χ4v) is 2.79. The van der Waals surface area contributed by atoms with Crippen molar-refractivity contribution in [2.45, 2.75) is 38.8 Å². The number of amides is 1. The molecular formula is C16H23F2N3O2. The largest absolute Gasteiger partial charge is 0.444 e. The predicted octanol–water partition coefficient (Wildman–Crippen LogP) is 2.73. The van der Waals surface area contributed by atoms with E-state index in [9.17, 15) is 13.6 Å². The standard InChI is InChI=1S/C16H23F2N3O2/c1-16(2,3)23-15(22)21-7-6-10(9-21)14(20-19)12-5-4-11(17)8-13(12)18/h4-5,8,10,14,20H,6-7,9,19H2,1-3H3. The van der Waals surface area contributed by atoms with Gasteiger partial charge in [-0.2, -0.15) is 0 Å². The van der Waals surface area contributed by atoms with Gasteiger partial charge in [-0.1, -0.05) is 6.07 Å². The maximum atomic E-state index is 14.0. The second-order valence-corrected chi connectivity index (χ2v) is 6.79. The summed E-state index contributed by atoms with van der Waals surface area (Å²) in [6.07, 6.45) is 0.264. The minimum atomic E-state index is -0.649. The lowest BCUT2D eigenvalue weighted by atomic mass is 9.92. The first-order chi connectivity index (χ1) is 10.7. The fourth-order valence-electron chi connectivity index (χ4n) is 2.79. The van der Waals surface area contributed by atoms with E-state index >= 15 is 0 Å². The molecule has 2 rings (SSSR count). The maximum absolute atomic E-state index is 14.0. The molecule has 0 aliphatic carbocycles. The third kappa shape index (κ3) is 4.39. The summed E-state index contributed by atoms with van der Waals surface area (Å²) in [7, 11) is 0. The summed E-state index contributed by atoms with van der Waals surface area (Å²) < 4.78 is 32.4. The van der Waals surface area contributed by atoms with Gasteiger partial charge >= 0.3 is 6.09 Å². The van der Waals surface area contributed by atoms with Crippen LogP contribution in [0.4, 0.5) is 13.6 Å². The van der Waals surface area contributed by atoms with Crippen molar-refractivity contribution in [1.82, 2.24) is 10.3 Å². The summed E-state index contributed by atoms with van der Waals surface area (Å²) in [5.41, 5.74) is 2.32. The zero-order valence-electron chi connectivity index (χ0n) is 13.6. The number of hydrazine groups is 1. The Bertz CT molecular complexity index is 575. The zero-order chi connectivity index (χ0) is 17.2. The minimum Gasteiger partial charge on any atom is -0.444 e. The number of nitrogens with zero attached hydrogens (tertiary/aromatic N) is 1. The Balaban J connectivity index is 2.08. The molecular weight excluding hydrogens is 304 g/mol. The second-order valence-electron chi connectivity index (χ2n) is 6.79. The van der Waals surface area contributed by atoms with Gasteiger partial charge in [0.2, 0.25) is 0 Å². The van der Waals surface area contributed by atoms with Crippen LogP contribution in [0, 0.1) is 17.6 Å². The van der Waals surface area contributed by atoms with Gasteiger partial charge in [-0.3, -0.25) is 11.3 Å². The molecule has 0 aromatic heterocycles. The predicted molar refractivity (Wildman–Crippen MR) is 82.3 cm³/mol. The molecule has 0 spiro atoms. The number of halogens is 2. The van der Waals surface area contributed by atoms with E-state index in [-0.39, 0.29) is 5.92 Å². The molecule has 1 aromatic rings. The molecule has 128 valence electrons. The van der Waals surface area contributed by atoms with Crippen molar-refractivity contribution in [3.05, 3.63) is 35.4 Å². The summed E-state index contributed by atoms with van der Waals surface area (Å²) in [6.45, 7) is 6.32. The highest BCUT2D eigenvalue weighted by Gasteiger charge is 2.35. The van der Waals surface area contributed by atoms with Crippen molar-refractivity contribution < 1.29 is 18.3 Å². The van der Waals surface area contributed by atoms with Gasteiger partial charge in [0.25, 0.3) is 0 Å². The number of nitrogens with one attached hydrogen (secondary N) is 1. The molecule has 1 saturated heterocycles. The van der Waals surface area contributed by atoms with Gasteiger partial charge < -0.3 is 9.64 Å². The molecule has 1 aromatic carbocycles. The topological polar surface area (TPSA) is 67.6 Å². The first-order valence-corrected chi connectivity index (χ1v) is 7.60. The SMILES string of the molecule is CC(C)(C)OC(=O)N1CCC(C(NN)c2ccc(F)cc2F)C1. The molecule has 3 N–H and O–H groups in total. The Hall–Kier alpha value is -1.73. The van der Waals surface area contributed by atoms with E-state index in [0.717, 1.165) is 6.07 Å². The fraction of sp³-hybridized carbons (Fsp3) is 0.562. The second kappa shape index (κ2) is 6.80. The lowest BCUT2D eigenvalue weighted by molar-refractivity contribution is 0.0285. The molecule has 23 heavy (non-hydrogen) atoms. The molecule has 0 bridgehead atoms. The molecule has 2 atom stereocenters. The highest BCUT2D eigenvalue weighted by Crippen LogP contribution is 2.31. The van der Waals surface area contributed by atoms with Crippen LogP contribution in [0.5, 0.6) is 0 Å². The van der Waals surface area contributed by atoms with E-state index in [1.54, 1.807) is 25.7 Å². The van der Waals surface area contributed by atoms with Crippen LogP contribution < -0.4 is 11.3 Å².